The lowest BCUT2D eigenvalue weighted by Gasteiger charge is -2.26. The first kappa shape index (κ1) is 14.8. The van der Waals surface area contributed by atoms with Crippen LogP contribution in [0.15, 0.2) is 24.3 Å². The number of ether oxygens (including phenoxy) is 1. The molecule has 0 radical (unpaired) electrons. The summed E-state index contributed by atoms with van der Waals surface area (Å²) in [4.78, 5) is 13.6. The van der Waals surface area contributed by atoms with Crippen molar-refractivity contribution in [2.75, 3.05) is 11.4 Å². The fourth-order valence-electron chi connectivity index (χ4n) is 1.33. The van der Waals surface area contributed by atoms with Gasteiger partial charge in [0.05, 0.1) is 12.2 Å². The molecule has 0 aromatic heterocycles. The molecule has 1 aromatic rings. The highest BCUT2D eigenvalue weighted by atomic mass is 127. The van der Waals surface area contributed by atoms with Crippen molar-refractivity contribution in [1.29, 1.82) is 0 Å². The lowest BCUT2D eigenvalue weighted by molar-refractivity contribution is 0.0585. The van der Waals surface area contributed by atoms with Crippen molar-refractivity contribution in [2.24, 2.45) is 0 Å². The zero-order chi connectivity index (χ0) is 13.8. The number of carbonyl (C=O) groups excluding carboxylic acids is 1. The van der Waals surface area contributed by atoms with E-state index in [1.165, 1.54) is 4.90 Å². The molecule has 0 heterocycles. The largest absolute Gasteiger partial charge is 0.443 e. The normalized spacial score (nSPS) is 10.6. The molecule has 1 rings (SSSR count). The molecule has 18 heavy (non-hydrogen) atoms. The summed E-state index contributed by atoms with van der Waals surface area (Å²) in [5.74, 6) is 2.48. The van der Waals surface area contributed by atoms with Crippen LogP contribution in [-0.2, 0) is 4.74 Å². The maximum atomic E-state index is 12.1. The van der Waals surface area contributed by atoms with E-state index in [2.05, 4.69) is 28.5 Å². The summed E-state index contributed by atoms with van der Waals surface area (Å²) in [7, 11) is 0. The molecule has 0 fully saturated rings. The van der Waals surface area contributed by atoms with Crippen LogP contribution in [0.1, 0.15) is 20.8 Å². The van der Waals surface area contributed by atoms with Crippen molar-refractivity contribution in [3.63, 3.8) is 0 Å². The molecule has 0 atom stereocenters. The van der Waals surface area contributed by atoms with Crippen molar-refractivity contribution < 1.29 is 9.53 Å². The van der Waals surface area contributed by atoms with E-state index in [-0.39, 0.29) is 6.54 Å². The predicted molar refractivity (Wildman–Crippen MR) is 81.6 cm³/mol. The monoisotopic (exact) mass is 357 g/mol. The average molecular weight is 357 g/mol. The molecule has 0 saturated carbocycles. The summed E-state index contributed by atoms with van der Waals surface area (Å²) in [5.41, 5.74) is 0.231. The fraction of sp³-hybridized carbons (Fsp3) is 0.357. The van der Waals surface area contributed by atoms with Crippen LogP contribution in [0.25, 0.3) is 0 Å². The summed E-state index contributed by atoms with van der Waals surface area (Å²) >= 11 is 2.17. The molecule has 0 spiro atoms. The van der Waals surface area contributed by atoms with E-state index in [4.69, 9.17) is 11.2 Å². The Morgan fingerprint density at radius 1 is 1.44 bits per heavy atom. The molecule has 0 saturated heterocycles. The van der Waals surface area contributed by atoms with Gasteiger partial charge in [-0.15, -0.1) is 6.42 Å². The first-order valence-electron chi connectivity index (χ1n) is 5.53. The minimum absolute atomic E-state index is 0.189. The summed E-state index contributed by atoms with van der Waals surface area (Å²) < 4.78 is 6.30. The quantitative estimate of drug-likeness (QED) is 0.597. The number of hydrogen-bond donors (Lipinski definition) is 0. The number of anilines is 1. The molecular formula is C14H16INO2. The number of rotatable bonds is 2. The van der Waals surface area contributed by atoms with Gasteiger partial charge in [0, 0.05) is 3.57 Å². The number of amides is 1. The number of hydrogen-bond acceptors (Lipinski definition) is 2. The smallest absolute Gasteiger partial charge is 0.415 e. The van der Waals surface area contributed by atoms with Crippen LogP contribution in [0.3, 0.4) is 0 Å². The van der Waals surface area contributed by atoms with Gasteiger partial charge in [0.2, 0.25) is 0 Å². The molecule has 1 aromatic carbocycles. The van der Waals surface area contributed by atoms with Crippen LogP contribution >= 0.6 is 22.6 Å². The van der Waals surface area contributed by atoms with E-state index in [0.717, 1.165) is 9.26 Å². The maximum Gasteiger partial charge on any atom is 0.415 e. The zero-order valence-electron chi connectivity index (χ0n) is 10.7. The van der Waals surface area contributed by atoms with Crippen molar-refractivity contribution >= 4 is 34.4 Å². The van der Waals surface area contributed by atoms with Gasteiger partial charge in [0.25, 0.3) is 0 Å². The average Bonchev–Trinajstić information content (AvgIpc) is 2.24. The zero-order valence-corrected chi connectivity index (χ0v) is 12.9. The first-order chi connectivity index (χ1) is 8.35. The van der Waals surface area contributed by atoms with Crippen LogP contribution in [0, 0.1) is 15.9 Å². The Hall–Kier alpha value is -1.22. The van der Waals surface area contributed by atoms with Crippen molar-refractivity contribution in [1.82, 2.24) is 0 Å². The molecule has 0 unspecified atom stereocenters. The van der Waals surface area contributed by atoms with E-state index in [1.807, 2.05) is 45.0 Å². The highest BCUT2D eigenvalue weighted by Gasteiger charge is 2.23. The highest BCUT2D eigenvalue weighted by molar-refractivity contribution is 14.1. The number of para-hydroxylation sites is 1. The summed E-state index contributed by atoms with van der Waals surface area (Å²) in [5, 5.41) is 0. The van der Waals surface area contributed by atoms with Crippen molar-refractivity contribution in [2.45, 2.75) is 26.4 Å². The molecule has 1 amide bonds. The number of nitrogens with zero attached hydrogens (tertiary/aromatic N) is 1. The molecule has 4 heteroatoms. The number of halogens is 1. The Labute approximate surface area is 122 Å². The van der Waals surface area contributed by atoms with Crippen LogP contribution in [0.2, 0.25) is 0 Å². The van der Waals surface area contributed by atoms with Gasteiger partial charge in [-0.3, -0.25) is 4.90 Å². The van der Waals surface area contributed by atoms with Gasteiger partial charge in [-0.1, -0.05) is 18.1 Å². The third-order valence-electron chi connectivity index (χ3n) is 2.01. The van der Waals surface area contributed by atoms with Crippen molar-refractivity contribution in [3.8, 4) is 12.3 Å². The lowest BCUT2D eigenvalue weighted by Crippen LogP contribution is -2.37. The summed E-state index contributed by atoms with van der Waals surface area (Å²) in [6, 6.07) is 7.55. The van der Waals surface area contributed by atoms with Gasteiger partial charge >= 0.3 is 6.09 Å². The van der Waals surface area contributed by atoms with Gasteiger partial charge in [-0.25, -0.2) is 4.79 Å². The van der Waals surface area contributed by atoms with Crippen molar-refractivity contribution in [3.05, 3.63) is 27.8 Å². The molecule has 3 nitrogen and oxygen atoms in total. The third-order valence-corrected chi connectivity index (χ3v) is 2.92. The molecule has 0 bridgehead atoms. The fourth-order valence-corrected chi connectivity index (χ4v) is 2.01. The Morgan fingerprint density at radius 3 is 2.56 bits per heavy atom. The van der Waals surface area contributed by atoms with Crippen LogP contribution < -0.4 is 4.90 Å². The lowest BCUT2D eigenvalue weighted by atomic mass is 10.2. The van der Waals surface area contributed by atoms with Crippen LogP contribution in [-0.4, -0.2) is 18.2 Å². The molecule has 0 aliphatic rings. The number of benzene rings is 1. The molecule has 0 N–H and O–H groups in total. The molecular weight excluding hydrogens is 341 g/mol. The minimum atomic E-state index is -0.538. The van der Waals surface area contributed by atoms with E-state index < -0.39 is 11.7 Å². The SMILES string of the molecule is C#CCN(C(=O)OC(C)(C)C)c1ccccc1I. The van der Waals surface area contributed by atoms with E-state index in [9.17, 15) is 4.79 Å². The Morgan fingerprint density at radius 2 is 2.06 bits per heavy atom. The second-order valence-electron chi connectivity index (χ2n) is 4.72. The Bertz CT molecular complexity index is 471. The first-order valence-corrected chi connectivity index (χ1v) is 6.61. The summed E-state index contributed by atoms with van der Waals surface area (Å²) in [6.07, 6.45) is 4.89. The minimum Gasteiger partial charge on any atom is -0.443 e. The van der Waals surface area contributed by atoms with Crippen LogP contribution in [0.4, 0.5) is 10.5 Å². The highest BCUT2D eigenvalue weighted by Crippen LogP contribution is 2.23. The predicted octanol–water partition coefficient (Wildman–Crippen LogP) is 3.67. The van der Waals surface area contributed by atoms with E-state index in [0.29, 0.717) is 0 Å². The van der Waals surface area contributed by atoms with Gasteiger partial charge in [0.15, 0.2) is 0 Å². The molecule has 96 valence electrons. The van der Waals surface area contributed by atoms with Gasteiger partial charge in [0.1, 0.15) is 5.60 Å². The number of terminal acetylenes is 1. The van der Waals surface area contributed by atoms with Gasteiger partial charge < -0.3 is 4.74 Å². The van der Waals surface area contributed by atoms with E-state index in [1.54, 1.807) is 0 Å². The summed E-state index contributed by atoms with van der Waals surface area (Å²) in [6.45, 7) is 5.67. The van der Waals surface area contributed by atoms with Gasteiger partial charge in [-0.05, 0) is 55.5 Å². The molecule has 0 aliphatic carbocycles. The topological polar surface area (TPSA) is 29.5 Å². The molecule has 0 aliphatic heterocycles. The van der Waals surface area contributed by atoms with E-state index >= 15 is 0 Å². The van der Waals surface area contributed by atoms with Crippen LogP contribution in [0.5, 0.6) is 0 Å². The maximum absolute atomic E-state index is 12.1. The Balaban J connectivity index is 3.01. The Kier molecular flexibility index (Phi) is 5.03. The third kappa shape index (κ3) is 4.22. The number of carbonyl (C=O) groups is 1. The second-order valence-corrected chi connectivity index (χ2v) is 5.88. The standard InChI is InChI=1S/C14H16INO2/c1-5-10-16(13(17)18-14(2,3)4)12-9-7-6-8-11(12)15/h1,6-9H,10H2,2-4H3. The second kappa shape index (κ2) is 6.10. The van der Waals surface area contributed by atoms with Gasteiger partial charge in [-0.2, -0.15) is 0 Å².